The van der Waals surface area contributed by atoms with Crippen molar-refractivity contribution >= 4 is 29.0 Å². The minimum absolute atomic E-state index is 0.0166. The minimum Gasteiger partial charge on any atom is -0.378 e. The number of amides is 1. The van der Waals surface area contributed by atoms with Gasteiger partial charge in [-0.2, -0.15) is 0 Å². The number of ether oxygens (including phenoxy) is 1. The van der Waals surface area contributed by atoms with E-state index in [4.69, 9.17) is 4.74 Å². The Morgan fingerprint density at radius 3 is 2.42 bits per heavy atom. The monoisotopic (exact) mass is 342 g/mol. The van der Waals surface area contributed by atoms with E-state index in [0.29, 0.717) is 0 Å². The van der Waals surface area contributed by atoms with Gasteiger partial charge in [0.2, 0.25) is 5.91 Å². The summed E-state index contributed by atoms with van der Waals surface area (Å²) < 4.78 is 5.37. The molecule has 2 aromatic carbocycles. The molecule has 1 atom stereocenters. The Labute approximate surface area is 147 Å². The highest BCUT2D eigenvalue weighted by atomic mass is 32.2. The number of anilines is 2. The van der Waals surface area contributed by atoms with Crippen LogP contribution >= 0.6 is 11.8 Å². The van der Waals surface area contributed by atoms with E-state index in [-0.39, 0.29) is 11.2 Å². The van der Waals surface area contributed by atoms with Crippen molar-refractivity contribution in [1.82, 2.24) is 0 Å². The number of rotatable bonds is 5. The molecule has 0 aliphatic carbocycles. The van der Waals surface area contributed by atoms with Crippen LogP contribution in [0.2, 0.25) is 0 Å². The summed E-state index contributed by atoms with van der Waals surface area (Å²) >= 11 is 1.56. The average Bonchev–Trinajstić information content (AvgIpc) is 2.64. The minimum atomic E-state index is -0.147. The number of morpholine rings is 1. The van der Waals surface area contributed by atoms with Gasteiger partial charge in [0.05, 0.1) is 18.5 Å². The van der Waals surface area contributed by atoms with Gasteiger partial charge >= 0.3 is 0 Å². The summed E-state index contributed by atoms with van der Waals surface area (Å²) in [4.78, 5) is 15.7. The number of carbonyl (C=O) groups excluding carboxylic acids is 1. The molecule has 0 bridgehead atoms. The van der Waals surface area contributed by atoms with Gasteiger partial charge in [0.25, 0.3) is 0 Å². The fraction of sp³-hybridized carbons (Fsp3) is 0.316. The van der Waals surface area contributed by atoms with Gasteiger partial charge in [0.1, 0.15) is 0 Å². The smallest absolute Gasteiger partial charge is 0.237 e. The van der Waals surface area contributed by atoms with Crippen LogP contribution in [0.25, 0.3) is 0 Å². The van der Waals surface area contributed by atoms with Crippen molar-refractivity contribution < 1.29 is 9.53 Å². The molecule has 4 nitrogen and oxygen atoms in total. The van der Waals surface area contributed by atoms with Crippen LogP contribution in [-0.4, -0.2) is 37.5 Å². The highest BCUT2D eigenvalue weighted by Crippen LogP contribution is 2.24. The lowest BCUT2D eigenvalue weighted by atomic mass is 10.2. The van der Waals surface area contributed by atoms with Crippen molar-refractivity contribution in [1.29, 1.82) is 0 Å². The molecule has 1 heterocycles. The molecular formula is C19H22N2O2S. The van der Waals surface area contributed by atoms with Crippen LogP contribution in [0.1, 0.15) is 6.92 Å². The maximum Gasteiger partial charge on any atom is 0.237 e. The molecule has 0 spiro atoms. The first-order valence-electron chi connectivity index (χ1n) is 8.18. The van der Waals surface area contributed by atoms with Gasteiger partial charge in [0, 0.05) is 29.4 Å². The van der Waals surface area contributed by atoms with E-state index >= 15 is 0 Å². The Morgan fingerprint density at radius 1 is 1.08 bits per heavy atom. The molecule has 0 unspecified atom stereocenters. The lowest BCUT2D eigenvalue weighted by Crippen LogP contribution is -2.36. The van der Waals surface area contributed by atoms with Gasteiger partial charge in [-0.25, -0.2) is 0 Å². The number of hydrogen-bond acceptors (Lipinski definition) is 4. The maximum absolute atomic E-state index is 12.3. The second kappa shape index (κ2) is 8.22. The van der Waals surface area contributed by atoms with Crippen molar-refractivity contribution in [2.45, 2.75) is 17.1 Å². The molecule has 1 aliphatic rings. The van der Waals surface area contributed by atoms with Gasteiger partial charge in [-0.05, 0) is 43.3 Å². The molecule has 126 valence electrons. The lowest BCUT2D eigenvalue weighted by Gasteiger charge is -2.28. The summed E-state index contributed by atoms with van der Waals surface area (Å²) in [6.45, 7) is 5.29. The largest absolute Gasteiger partial charge is 0.378 e. The van der Waals surface area contributed by atoms with Crippen molar-refractivity contribution in [3.8, 4) is 0 Å². The zero-order valence-corrected chi connectivity index (χ0v) is 14.6. The van der Waals surface area contributed by atoms with Crippen molar-refractivity contribution in [3.05, 3.63) is 54.6 Å². The molecular weight excluding hydrogens is 320 g/mol. The van der Waals surface area contributed by atoms with E-state index in [1.165, 1.54) is 5.69 Å². The normalized spacial score (nSPS) is 15.8. The van der Waals surface area contributed by atoms with E-state index in [1.807, 2.05) is 49.4 Å². The predicted molar refractivity (Wildman–Crippen MR) is 99.9 cm³/mol. The van der Waals surface area contributed by atoms with Crippen LogP contribution in [-0.2, 0) is 9.53 Å². The van der Waals surface area contributed by atoms with E-state index in [2.05, 4.69) is 22.3 Å². The zero-order valence-electron chi connectivity index (χ0n) is 13.8. The third kappa shape index (κ3) is 4.52. The molecule has 24 heavy (non-hydrogen) atoms. The Bertz CT molecular complexity index is 655. The summed E-state index contributed by atoms with van der Waals surface area (Å²) in [5, 5.41) is 2.84. The summed E-state index contributed by atoms with van der Waals surface area (Å²) in [6, 6.07) is 18.0. The van der Waals surface area contributed by atoms with Crippen LogP contribution < -0.4 is 10.2 Å². The van der Waals surface area contributed by atoms with E-state index in [1.54, 1.807) is 11.8 Å². The summed E-state index contributed by atoms with van der Waals surface area (Å²) in [5.41, 5.74) is 2.00. The number of thioether (sulfide) groups is 1. The van der Waals surface area contributed by atoms with Gasteiger partial charge in [-0.15, -0.1) is 11.8 Å². The maximum atomic E-state index is 12.3. The second-order valence-corrected chi connectivity index (χ2v) is 7.12. The first-order valence-corrected chi connectivity index (χ1v) is 9.06. The highest BCUT2D eigenvalue weighted by Gasteiger charge is 2.15. The van der Waals surface area contributed by atoms with Crippen molar-refractivity contribution in [2.75, 3.05) is 36.5 Å². The number of carbonyl (C=O) groups is 1. The Kier molecular flexibility index (Phi) is 5.77. The second-order valence-electron chi connectivity index (χ2n) is 5.71. The molecule has 1 amide bonds. The summed E-state index contributed by atoms with van der Waals surface area (Å²) in [5.74, 6) is 0.0166. The number of nitrogens with zero attached hydrogens (tertiary/aromatic N) is 1. The molecule has 0 aromatic heterocycles. The quantitative estimate of drug-likeness (QED) is 0.842. The van der Waals surface area contributed by atoms with E-state index in [9.17, 15) is 4.79 Å². The molecule has 1 aliphatic heterocycles. The van der Waals surface area contributed by atoms with E-state index in [0.717, 1.165) is 36.9 Å². The van der Waals surface area contributed by atoms with Gasteiger partial charge in [0.15, 0.2) is 0 Å². The fourth-order valence-corrected chi connectivity index (χ4v) is 3.47. The molecule has 0 saturated carbocycles. The topological polar surface area (TPSA) is 41.6 Å². The highest BCUT2D eigenvalue weighted by molar-refractivity contribution is 8.00. The number of benzene rings is 2. The standard InChI is InChI=1S/C19H22N2O2S/c1-15(24-18-5-3-2-4-6-18)19(22)20-16-7-9-17(10-8-16)21-11-13-23-14-12-21/h2-10,15H,11-14H2,1H3,(H,20,22)/t15-/m1/s1. The zero-order chi connectivity index (χ0) is 16.8. The summed E-state index contributed by atoms with van der Waals surface area (Å²) in [7, 11) is 0. The van der Waals surface area contributed by atoms with Gasteiger partial charge < -0.3 is 15.0 Å². The average molecular weight is 342 g/mol. The predicted octanol–water partition coefficient (Wildman–Crippen LogP) is 3.64. The lowest BCUT2D eigenvalue weighted by molar-refractivity contribution is -0.115. The molecule has 1 N–H and O–H groups in total. The number of hydrogen-bond donors (Lipinski definition) is 1. The van der Waals surface area contributed by atoms with Gasteiger partial charge in [-0.3, -0.25) is 4.79 Å². The molecule has 3 rings (SSSR count). The molecule has 0 radical (unpaired) electrons. The third-order valence-electron chi connectivity index (χ3n) is 3.94. The van der Waals surface area contributed by atoms with E-state index < -0.39 is 0 Å². The summed E-state index contributed by atoms with van der Waals surface area (Å²) in [6.07, 6.45) is 0. The molecule has 1 fully saturated rings. The van der Waals surface area contributed by atoms with Crippen LogP contribution in [0.3, 0.4) is 0 Å². The molecule has 5 heteroatoms. The fourth-order valence-electron chi connectivity index (χ4n) is 2.58. The van der Waals surface area contributed by atoms with Crippen LogP contribution in [0.15, 0.2) is 59.5 Å². The van der Waals surface area contributed by atoms with Crippen LogP contribution in [0.5, 0.6) is 0 Å². The SMILES string of the molecule is C[C@@H](Sc1ccccc1)C(=O)Nc1ccc(N2CCOCC2)cc1. The molecule has 1 saturated heterocycles. The van der Waals surface area contributed by atoms with Crippen LogP contribution in [0, 0.1) is 0 Å². The van der Waals surface area contributed by atoms with Gasteiger partial charge in [-0.1, -0.05) is 18.2 Å². The Balaban J connectivity index is 1.55. The van der Waals surface area contributed by atoms with Crippen LogP contribution in [0.4, 0.5) is 11.4 Å². The first kappa shape index (κ1) is 16.9. The Hall–Kier alpha value is -1.98. The Morgan fingerprint density at radius 2 is 1.75 bits per heavy atom. The number of nitrogens with one attached hydrogen (secondary N) is 1. The van der Waals surface area contributed by atoms with Crippen molar-refractivity contribution in [3.63, 3.8) is 0 Å². The molecule has 2 aromatic rings. The first-order chi connectivity index (χ1) is 11.7. The van der Waals surface area contributed by atoms with Crippen molar-refractivity contribution in [2.24, 2.45) is 0 Å². The third-order valence-corrected chi connectivity index (χ3v) is 5.05.